The van der Waals surface area contributed by atoms with E-state index in [2.05, 4.69) is 15.4 Å². The minimum Gasteiger partial charge on any atom is -0.433 e. The standard InChI is InChI=1S/C10H14F2N2O2S.ClH/c1-13-4-2-5-14-9(15)8-7(3-6-17-8)16-10(11)12;/h3,6,10,13H,2,4-5H2,1H3,(H,14,15);1H. The van der Waals surface area contributed by atoms with Crippen molar-refractivity contribution in [2.75, 3.05) is 20.1 Å². The fraction of sp³-hybridized carbons (Fsp3) is 0.500. The molecule has 0 aliphatic rings. The zero-order valence-corrected chi connectivity index (χ0v) is 11.4. The molecular weight excluding hydrogens is 286 g/mol. The van der Waals surface area contributed by atoms with Gasteiger partial charge in [-0.25, -0.2) is 0 Å². The molecule has 1 amide bonds. The Morgan fingerprint density at radius 2 is 2.22 bits per heavy atom. The Bertz CT molecular complexity index is 363. The van der Waals surface area contributed by atoms with E-state index in [0.29, 0.717) is 6.54 Å². The van der Waals surface area contributed by atoms with Crippen molar-refractivity contribution >= 4 is 29.7 Å². The highest BCUT2D eigenvalue weighted by atomic mass is 35.5. The van der Waals surface area contributed by atoms with Crippen LogP contribution in [0.2, 0.25) is 0 Å². The second-order valence-corrected chi connectivity index (χ2v) is 4.12. The highest BCUT2D eigenvalue weighted by Gasteiger charge is 2.16. The average Bonchev–Trinajstić information content (AvgIpc) is 2.71. The van der Waals surface area contributed by atoms with Gasteiger partial charge in [0.05, 0.1) is 0 Å². The molecule has 1 heterocycles. The van der Waals surface area contributed by atoms with Gasteiger partial charge in [-0.2, -0.15) is 8.78 Å². The maximum absolute atomic E-state index is 12.0. The van der Waals surface area contributed by atoms with Crippen LogP contribution in [0, 0.1) is 0 Å². The van der Waals surface area contributed by atoms with E-state index in [-0.39, 0.29) is 28.9 Å². The van der Waals surface area contributed by atoms with Gasteiger partial charge in [-0.1, -0.05) is 0 Å². The van der Waals surface area contributed by atoms with E-state index in [1.54, 1.807) is 5.38 Å². The molecule has 0 fully saturated rings. The Labute approximate surface area is 114 Å². The van der Waals surface area contributed by atoms with Gasteiger partial charge in [0.1, 0.15) is 10.6 Å². The van der Waals surface area contributed by atoms with Crippen LogP contribution < -0.4 is 15.4 Å². The third-order valence-corrected chi connectivity index (χ3v) is 2.83. The van der Waals surface area contributed by atoms with Gasteiger partial charge >= 0.3 is 6.61 Å². The zero-order chi connectivity index (χ0) is 12.7. The van der Waals surface area contributed by atoms with Crippen molar-refractivity contribution in [3.05, 3.63) is 16.3 Å². The van der Waals surface area contributed by atoms with E-state index in [0.717, 1.165) is 24.3 Å². The lowest BCUT2D eigenvalue weighted by Crippen LogP contribution is -2.26. The number of ether oxygens (including phenoxy) is 1. The molecule has 104 valence electrons. The number of carbonyl (C=O) groups is 1. The lowest BCUT2D eigenvalue weighted by Gasteiger charge is -2.06. The summed E-state index contributed by atoms with van der Waals surface area (Å²) in [7, 11) is 1.82. The summed E-state index contributed by atoms with van der Waals surface area (Å²) in [5.41, 5.74) is 0. The quantitative estimate of drug-likeness (QED) is 0.758. The molecule has 0 bridgehead atoms. The maximum atomic E-state index is 12.0. The number of nitrogens with one attached hydrogen (secondary N) is 2. The van der Waals surface area contributed by atoms with E-state index in [4.69, 9.17) is 0 Å². The first-order valence-corrected chi connectivity index (χ1v) is 5.98. The topological polar surface area (TPSA) is 50.4 Å². The normalized spacial score (nSPS) is 10.0. The van der Waals surface area contributed by atoms with Crippen LogP contribution in [0.1, 0.15) is 16.1 Å². The Morgan fingerprint density at radius 1 is 1.50 bits per heavy atom. The number of hydrogen-bond donors (Lipinski definition) is 2. The number of hydrogen-bond acceptors (Lipinski definition) is 4. The van der Waals surface area contributed by atoms with Crippen molar-refractivity contribution in [3.8, 4) is 5.75 Å². The number of rotatable bonds is 7. The van der Waals surface area contributed by atoms with Crippen molar-refractivity contribution in [1.29, 1.82) is 0 Å². The molecule has 0 aromatic carbocycles. The van der Waals surface area contributed by atoms with Crippen molar-refractivity contribution in [3.63, 3.8) is 0 Å². The van der Waals surface area contributed by atoms with Gasteiger partial charge in [-0.05, 0) is 31.5 Å². The molecule has 1 rings (SSSR count). The van der Waals surface area contributed by atoms with Crippen molar-refractivity contribution in [2.45, 2.75) is 13.0 Å². The van der Waals surface area contributed by atoms with Gasteiger partial charge in [-0.3, -0.25) is 4.79 Å². The first-order valence-electron chi connectivity index (χ1n) is 5.10. The minimum absolute atomic E-state index is 0. The predicted octanol–water partition coefficient (Wildman–Crippen LogP) is 2.11. The van der Waals surface area contributed by atoms with Crippen LogP contribution in [-0.2, 0) is 0 Å². The molecule has 0 aliphatic heterocycles. The number of alkyl halides is 2. The summed E-state index contributed by atoms with van der Waals surface area (Å²) < 4.78 is 28.3. The van der Waals surface area contributed by atoms with Gasteiger partial charge in [0.15, 0.2) is 0 Å². The van der Waals surface area contributed by atoms with Crippen LogP contribution in [0.3, 0.4) is 0 Å². The summed E-state index contributed by atoms with van der Waals surface area (Å²) in [5.74, 6) is -0.456. The predicted molar refractivity (Wildman–Crippen MR) is 69.1 cm³/mol. The monoisotopic (exact) mass is 300 g/mol. The Kier molecular flexibility index (Phi) is 8.61. The Balaban J connectivity index is 0.00000289. The number of thiophene rings is 1. The summed E-state index contributed by atoms with van der Waals surface area (Å²) in [6.07, 6.45) is 0.776. The van der Waals surface area contributed by atoms with Gasteiger partial charge in [0.2, 0.25) is 0 Å². The van der Waals surface area contributed by atoms with Crippen LogP contribution in [0.25, 0.3) is 0 Å². The van der Waals surface area contributed by atoms with E-state index in [1.807, 2.05) is 7.05 Å². The smallest absolute Gasteiger partial charge is 0.387 e. The summed E-state index contributed by atoms with van der Waals surface area (Å²) in [6, 6.07) is 1.36. The van der Waals surface area contributed by atoms with Gasteiger partial charge in [0, 0.05) is 6.54 Å². The first kappa shape index (κ1) is 17.1. The van der Waals surface area contributed by atoms with Crippen molar-refractivity contribution < 1.29 is 18.3 Å². The fourth-order valence-electron chi connectivity index (χ4n) is 1.20. The highest BCUT2D eigenvalue weighted by Crippen LogP contribution is 2.26. The minimum atomic E-state index is -2.92. The summed E-state index contributed by atoms with van der Waals surface area (Å²) >= 11 is 1.08. The molecule has 0 spiro atoms. The van der Waals surface area contributed by atoms with Crippen LogP contribution in [0.5, 0.6) is 5.75 Å². The summed E-state index contributed by atoms with van der Waals surface area (Å²) in [4.78, 5) is 11.8. The SMILES string of the molecule is CNCCCNC(=O)c1sccc1OC(F)F.Cl. The lowest BCUT2D eigenvalue weighted by molar-refractivity contribution is -0.0498. The molecule has 18 heavy (non-hydrogen) atoms. The van der Waals surface area contributed by atoms with Crippen molar-refractivity contribution in [1.82, 2.24) is 10.6 Å². The average molecular weight is 301 g/mol. The lowest BCUT2D eigenvalue weighted by atomic mass is 10.3. The van der Waals surface area contributed by atoms with Gasteiger partial charge < -0.3 is 15.4 Å². The molecule has 8 heteroatoms. The molecule has 1 aromatic heterocycles. The van der Waals surface area contributed by atoms with Gasteiger partial charge in [-0.15, -0.1) is 23.7 Å². The molecule has 0 saturated heterocycles. The van der Waals surface area contributed by atoms with E-state index in [1.165, 1.54) is 6.07 Å². The number of amides is 1. The van der Waals surface area contributed by atoms with Crippen molar-refractivity contribution in [2.24, 2.45) is 0 Å². The second kappa shape index (κ2) is 9.07. The number of halogens is 3. The third kappa shape index (κ3) is 5.61. The molecule has 0 unspecified atom stereocenters. The Hall–Kier alpha value is -0.920. The highest BCUT2D eigenvalue weighted by molar-refractivity contribution is 7.12. The largest absolute Gasteiger partial charge is 0.433 e. The fourth-order valence-corrected chi connectivity index (χ4v) is 1.94. The third-order valence-electron chi connectivity index (χ3n) is 1.94. The van der Waals surface area contributed by atoms with E-state index >= 15 is 0 Å². The number of carbonyl (C=O) groups excluding carboxylic acids is 1. The molecule has 0 radical (unpaired) electrons. The zero-order valence-electron chi connectivity index (χ0n) is 9.74. The van der Waals surface area contributed by atoms with Crippen LogP contribution in [0.15, 0.2) is 11.4 Å². The summed E-state index contributed by atoms with van der Waals surface area (Å²) in [6.45, 7) is -1.64. The van der Waals surface area contributed by atoms with Crippen LogP contribution in [0.4, 0.5) is 8.78 Å². The Morgan fingerprint density at radius 3 is 2.83 bits per heavy atom. The molecule has 2 N–H and O–H groups in total. The molecule has 0 atom stereocenters. The molecule has 0 aliphatic carbocycles. The maximum Gasteiger partial charge on any atom is 0.387 e. The van der Waals surface area contributed by atoms with Gasteiger partial charge in [0.25, 0.3) is 5.91 Å². The second-order valence-electron chi connectivity index (χ2n) is 3.21. The van der Waals surface area contributed by atoms with E-state index in [9.17, 15) is 13.6 Å². The van der Waals surface area contributed by atoms with E-state index < -0.39 is 6.61 Å². The molecule has 4 nitrogen and oxygen atoms in total. The first-order chi connectivity index (χ1) is 8.15. The molecular formula is C10H15ClF2N2O2S. The van der Waals surface area contributed by atoms with Crippen LogP contribution >= 0.6 is 23.7 Å². The van der Waals surface area contributed by atoms with Crippen LogP contribution in [-0.4, -0.2) is 32.7 Å². The molecule has 1 aromatic rings. The molecule has 0 saturated carbocycles. The summed E-state index contributed by atoms with van der Waals surface area (Å²) in [5, 5.41) is 7.12.